The van der Waals surface area contributed by atoms with Crippen molar-refractivity contribution in [3.8, 4) is 0 Å². The average Bonchev–Trinajstić information content (AvgIpc) is 1.95. The smallest absolute Gasteiger partial charge is 0.303 e. The van der Waals surface area contributed by atoms with Gasteiger partial charge in [0.2, 0.25) is 0 Å². The molecule has 0 unspecified atom stereocenters. The van der Waals surface area contributed by atoms with Gasteiger partial charge in [0.15, 0.2) is 0 Å². The van der Waals surface area contributed by atoms with Crippen molar-refractivity contribution in [2.45, 2.75) is 47.5 Å². The summed E-state index contributed by atoms with van der Waals surface area (Å²) in [5.74, 6) is -0.736. The highest BCUT2D eigenvalue weighted by atomic mass is 32.1. The fourth-order valence-electron chi connectivity index (χ4n) is 2.19. The second-order valence-electron chi connectivity index (χ2n) is 5.99. The zero-order chi connectivity index (χ0) is 13.0. The highest BCUT2D eigenvalue weighted by molar-refractivity contribution is 7.80. The molecule has 0 aromatic carbocycles. The topological polar surface area (TPSA) is 49.3 Å². The third-order valence-electron chi connectivity index (χ3n) is 2.40. The standard InChI is InChI=1S/C12H23NO2S/c1-9(16)13-8-12(4,5)7-11(2,3)6-10(14)15/h6-8H2,1-5H3,(H,13,16)(H,14,15). The molecule has 0 atom stereocenters. The predicted molar refractivity (Wildman–Crippen MR) is 70.7 cm³/mol. The summed E-state index contributed by atoms with van der Waals surface area (Å²) in [6.07, 6.45) is 1.05. The van der Waals surface area contributed by atoms with E-state index in [4.69, 9.17) is 17.3 Å². The highest BCUT2D eigenvalue weighted by Crippen LogP contribution is 2.35. The quantitative estimate of drug-likeness (QED) is 0.707. The summed E-state index contributed by atoms with van der Waals surface area (Å²) >= 11 is 4.97. The van der Waals surface area contributed by atoms with Crippen LogP contribution in [0.1, 0.15) is 47.5 Å². The van der Waals surface area contributed by atoms with Crippen molar-refractivity contribution < 1.29 is 9.90 Å². The van der Waals surface area contributed by atoms with Gasteiger partial charge in [-0.15, -0.1) is 0 Å². The number of carboxylic acid groups (broad SMARTS) is 1. The Morgan fingerprint density at radius 2 is 1.75 bits per heavy atom. The van der Waals surface area contributed by atoms with Crippen molar-refractivity contribution in [1.82, 2.24) is 5.32 Å². The summed E-state index contributed by atoms with van der Waals surface area (Å²) in [4.78, 5) is 11.5. The van der Waals surface area contributed by atoms with Gasteiger partial charge in [0, 0.05) is 6.54 Å². The van der Waals surface area contributed by atoms with Gasteiger partial charge in [-0.3, -0.25) is 4.79 Å². The molecule has 2 N–H and O–H groups in total. The minimum atomic E-state index is -0.736. The lowest BCUT2D eigenvalue weighted by Gasteiger charge is -2.34. The Morgan fingerprint density at radius 3 is 2.12 bits per heavy atom. The highest BCUT2D eigenvalue weighted by Gasteiger charge is 2.30. The number of aliphatic carboxylic acids is 1. The minimum Gasteiger partial charge on any atom is -0.481 e. The van der Waals surface area contributed by atoms with Crippen LogP contribution >= 0.6 is 12.2 Å². The molecular formula is C12H23NO2S. The van der Waals surface area contributed by atoms with Gasteiger partial charge in [-0.1, -0.05) is 39.9 Å². The van der Waals surface area contributed by atoms with E-state index in [1.165, 1.54) is 0 Å². The van der Waals surface area contributed by atoms with Crippen LogP contribution in [0.2, 0.25) is 0 Å². The fourth-order valence-corrected chi connectivity index (χ4v) is 2.27. The monoisotopic (exact) mass is 245 g/mol. The molecule has 4 heteroatoms. The first-order valence-corrected chi connectivity index (χ1v) is 5.91. The molecule has 0 aliphatic rings. The van der Waals surface area contributed by atoms with Crippen LogP contribution in [0.25, 0.3) is 0 Å². The zero-order valence-corrected chi connectivity index (χ0v) is 11.7. The fraction of sp³-hybridized carbons (Fsp3) is 0.833. The molecule has 0 saturated heterocycles. The third kappa shape index (κ3) is 7.63. The van der Waals surface area contributed by atoms with Crippen LogP contribution in [0, 0.1) is 10.8 Å². The number of nitrogens with one attached hydrogen (secondary N) is 1. The maximum Gasteiger partial charge on any atom is 0.303 e. The lowest BCUT2D eigenvalue weighted by atomic mass is 9.73. The van der Waals surface area contributed by atoms with E-state index < -0.39 is 5.97 Å². The van der Waals surface area contributed by atoms with E-state index in [0.29, 0.717) is 0 Å². The van der Waals surface area contributed by atoms with Crippen LogP contribution in [-0.4, -0.2) is 22.6 Å². The van der Waals surface area contributed by atoms with Gasteiger partial charge in [-0.25, -0.2) is 0 Å². The third-order valence-corrected chi connectivity index (χ3v) is 2.55. The zero-order valence-electron chi connectivity index (χ0n) is 10.9. The van der Waals surface area contributed by atoms with E-state index in [9.17, 15) is 4.79 Å². The maximum atomic E-state index is 10.7. The Bertz CT molecular complexity index is 272. The maximum absolute atomic E-state index is 10.7. The number of thiocarbonyl (C=S) groups is 1. The number of carboxylic acids is 1. The number of hydrogen-bond acceptors (Lipinski definition) is 2. The summed E-state index contributed by atoms with van der Waals surface area (Å²) in [7, 11) is 0. The summed E-state index contributed by atoms with van der Waals surface area (Å²) in [6.45, 7) is 10.9. The van der Waals surface area contributed by atoms with Gasteiger partial charge in [0.25, 0.3) is 0 Å². The molecule has 0 radical (unpaired) electrons. The molecular weight excluding hydrogens is 222 g/mol. The average molecular weight is 245 g/mol. The van der Waals surface area contributed by atoms with Crippen LogP contribution in [0.15, 0.2) is 0 Å². The Hall–Kier alpha value is -0.640. The van der Waals surface area contributed by atoms with Gasteiger partial charge < -0.3 is 10.4 Å². The van der Waals surface area contributed by atoms with E-state index >= 15 is 0 Å². The molecule has 0 aliphatic heterocycles. The summed E-state index contributed by atoms with van der Waals surface area (Å²) < 4.78 is 0. The molecule has 0 heterocycles. The summed E-state index contributed by atoms with van der Waals surface area (Å²) in [5.41, 5.74) is -0.147. The van der Waals surface area contributed by atoms with E-state index in [2.05, 4.69) is 19.2 Å². The van der Waals surface area contributed by atoms with Crippen LogP contribution < -0.4 is 5.32 Å². The van der Waals surface area contributed by atoms with Crippen LogP contribution in [0.4, 0.5) is 0 Å². The first-order valence-electron chi connectivity index (χ1n) is 5.50. The van der Waals surface area contributed by atoms with Crippen molar-refractivity contribution in [3.05, 3.63) is 0 Å². The number of hydrogen-bond donors (Lipinski definition) is 2. The molecule has 0 bridgehead atoms. The molecule has 0 amide bonds. The molecule has 94 valence electrons. The molecule has 0 aliphatic carbocycles. The second kappa shape index (κ2) is 5.62. The van der Waals surface area contributed by atoms with Crippen molar-refractivity contribution >= 4 is 23.2 Å². The second-order valence-corrected chi connectivity index (χ2v) is 6.60. The molecule has 0 fully saturated rings. The van der Waals surface area contributed by atoms with Gasteiger partial charge in [-0.2, -0.15) is 0 Å². The first-order chi connectivity index (χ1) is 7.04. The Kier molecular flexibility index (Phi) is 5.39. The van der Waals surface area contributed by atoms with Gasteiger partial charge in [-0.05, 0) is 24.2 Å². The Balaban J connectivity index is 4.32. The minimum absolute atomic E-state index is 0.0407. The number of carbonyl (C=O) groups is 1. The van der Waals surface area contributed by atoms with Crippen LogP contribution in [0.3, 0.4) is 0 Å². The van der Waals surface area contributed by atoms with E-state index in [0.717, 1.165) is 18.0 Å². The van der Waals surface area contributed by atoms with E-state index in [1.54, 1.807) is 0 Å². The van der Waals surface area contributed by atoms with E-state index in [-0.39, 0.29) is 17.3 Å². The normalized spacial score (nSPS) is 12.3. The molecule has 16 heavy (non-hydrogen) atoms. The van der Waals surface area contributed by atoms with Crippen molar-refractivity contribution in [1.29, 1.82) is 0 Å². The molecule has 0 aromatic heterocycles. The Morgan fingerprint density at radius 1 is 1.25 bits per heavy atom. The number of rotatable bonds is 6. The molecule has 3 nitrogen and oxygen atoms in total. The first kappa shape index (κ1) is 15.4. The Labute approximate surface area is 104 Å². The van der Waals surface area contributed by atoms with Crippen molar-refractivity contribution in [2.75, 3.05) is 6.54 Å². The van der Waals surface area contributed by atoms with Crippen molar-refractivity contribution in [3.63, 3.8) is 0 Å². The predicted octanol–water partition coefficient (Wildman–Crippen LogP) is 2.84. The van der Waals surface area contributed by atoms with Crippen LogP contribution in [-0.2, 0) is 4.79 Å². The van der Waals surface area contributed by atoms with Crippen molar-refractivity contribution in [2.24, 2.45) is 10.8 Å². The largest absolute Gasteiger partial charge is 0.481 e. The van der Waals surface area contributed by atoms with Crippen LogP contribution in [0.5, 0.6) is 0 Å². The molecule has 0 aromatic rings. The summed E-state index contributed by atoms with van der Waals surface area (Å²) in [6, 6.07) is 0. The molecule has 0 rings (SSSR count). The molecule has 0 saturated carbocycles. The van der Waals surface area contributed by atoms with Gasteiger partial charge >= 0.3 is 5.97 Å². The summed E-state index contributed by atoms with van der Waals surface area (Å²) in [5, 5.41) is 12.0. The lowest BCUT2D eigenvalue weighted by Crippen LogP contribution is -2.35. The van der Waals surface area contributed by atoms with E-state index in [1.807, 2.05) is 20.8 Å². The lowest BCUT2D eigenvalue weighted by molar-refractivity contribution is -0.139. The molecule has 0 spiro atoms. The van der Waals surface area contributed by atoms with Gasteiger partial charge in [0.1, 0.15) is 0 Å². The SMILES string of the molecule is CC(=S)NCC(C)(C)CC(C)(C)CC(=O)O. The van der Waals surface area contributed by atoms with Gasteiger partial charge in [0.05, 0.1) is 11.4 Å².